The number of carbonyl (C=O) groups excluding carboxylic acids is 1. The normalized spacial score (nSPS) is 21.8. The van der Waals surface area contributed by atoms with Gasteiger partial charge >= 0.3 is 0 Å². The van der Waals surface area contributed by atoms with Gasteiger partial charge in [0.1, 0.15) is 4.70 Å². The highest BCUT2D eigenvalue weighted by atomic mass is 32.1. The highest BCUT2D eigenvalue weighted by Crippen LogP contribution is 2.31. The second kappa shape index (κ2) is 9.19. The lowest BCUT2D eigenvalue weighted by Crippen LogP contribution is -2.50. The fourth-order valence-corrected chi connectivity index (χ4v) is 6.13. The number of H-pyrrole nitrogens is 1. The summed E-state index contributed by atoms with van der Waals surface area (Å²) in [5.41, 5.74) is 2.06. The van der Waals surface area contributed by atoms with Crippen molar-refractivity contribution < 1.29 is 4.79 Å². The van der Waals surface area contributed by atoms with E-state index in [1.54, 1.807) is 4.57 Å². The maximum Gasteiger partial charge on any atom is 0.272 e. The third kappa shape index (κ3) is 4.26. The van der Waals surface area contributed by atoms with Gasteiger partial charge in [-0.1, -0.05) is 18.2 Å². The van der Waals surface area contributed by atoms with Crippen molar-refractivity contribution in [3.8, 4) is 0 Å². The number of amides is 1. The van der Waals surface area contributed by atoms with Crippen LogP contribution in [0.2, 0.25) is 0 Å². The highest BCUT2D eigenvalue weighted by Gasteiger charge is 2.31. The summed E-state index contributed by atoms with van der Waals surface area (Å²) in [5.74, 6) is 0.811. The number of anilines is 1. The molecule has 1 aromatic carbocycles. The molecule has 1 saturated heterocycles. The van der Waals surface area contributed by atoms with Crippen LogP contribution in [0.25, 0.3) is 10.2 Å². The maximum atomic E-state index is 13.1. The van der Waals surface area contributed by atoms with Gasteiger partial charge in [-0.05, 0) is 67.4 Å². The molecular weight excluding hydrogens is 440 g/mol. The van der Waals surface area contributed by atoms with Crippen molar-refractivity contribution >= 4 is 45.4 Å². The van der Waals surface area contributed by atoms with Gasteiger partial charge in [0, 0.05) is 44.3 Å². The van der Waals surface area contributed by atoms with E-state index in [0.29, 0.717) is 23.1 Å². The van der Waals surface area contributed by atoms with Crippen LogP contribution in [-0.4, -0.2) is 46.5 Å². The number of fused-ring (bicyclic) bond motifs is 1. The number of carbonyl (C=O) groups is 1. The summed E-state index contributed by atoms with van der Waals surface area (Å²) >= 11 is 6.90. The first-order valence-electron chi connectivity index (χ1n) is 11.4. The van der Waals surface area contributed by atoms with Gasteiger partial charge in [-0.15, -0.1) is 11.3 Å². The molecule has 3 heterocycles. The van der Waals surface area contributed by atoms with E-state index in [0.717, 1.165) is 62.1 Å². The number of aromatic amines is 1. The van der Waals surface area contributed by atoms with Gasteiger partial charge < -0.3 is 14.8 Å². The van der Waals surface area contributed by atoms with Gasteiger partial charge in [0.25, 0.3) is 5.56 Å². The van der Waals surface area contributed by atoms with Crippen LogP contribution in [0.15, 0.2) is 46.6 Å². The molecule has 168 valence electrons. The zero-order valence-corrected chi connectivity index (χ0v) is 19.7. The van der Waals surface area contributed by atoms with Crippen LogP contribution in [0.5, 0.6) is 0 Å². The Bertz CT molecular complexity index is 1200. The molecule has 2 aromatic heterocycles. The van der Waals surface area contributed by atoms with Gasteiger partial charge in [-0.2, -0.15) is 0 Å². The molecule has 1 amide bonds. The lowest BCUT2D eigenvalue weighted by molar-refractivity contribution is -0.137. The van der Waals surface area contributed by atoms with Crippen LogP contribution >= 0.6 is 23.6 Å². The van der Waals surface area contributed by atoms with Crippen molar-refractivity contribution in [1.82, 2.24) is 14.5 Å². The monoisotopic (exact) mass is 468 g/mol. The molecule has 0 atom stereocenters. The van der Waals surface area contributed by atoms with Crippen molar-refractivity contribution in [3.05, 3.63) is 56.9 Å². The van der Waals surface area contributed by atoms with E-state index in [-0.39, 0.29) is 11.5 Å². The van der Waals surface area contributed by atoms with E-state index in [2.05, 4.69) is 39.0 Å². The molecule has 0 radical (unpaired) electrons. The van der Waals surface area contributed by atoms with Gasteiger partial charge in [-0.25, -0.2) is 0 Å². The molecule has 0 unspecified atom stereocenters. The number of hydrogen-bond acceptors (Lipinski definition) is 5. The van der Waals surface area contributed by atoms with Crippen LogP contribution in [0.4, 0.5) is 5.69 Å². The predicted molar refractivity (Wildman–Crippen MR) is 132 cm³/mol. The van der Waals surface area contributed by atoms with Crippen LogP contribution in [-0.2, 0) is 11.3 Å². The number of nitrogens with one attached hydrogen (secondary N) is 1. The molecule has 1 saturated carbocycles. The first kappa shape index (κ1) is 21.4. The van der Waals surface area contributed by atoms with E-state index < -0.39 is 0 Å². The number of nitrogens with zero attached hydrogens (tertiary/aromatic N) is 3. The third-order valence-corrected chi connectivity index (χ3v) is 8.17. The third-order valence-electron chi connectivity index (χ3n) is 6.94. The van der Waals surface area contributed by atoms with E-state index in [1.165, 1.54) is 17.0 Å². The predicted octanol–water partition coefficient (Wildman–Crippen LogP) is 4.28. The summed E-state index contributed by atoms with van der Waals surface area (Å²) in [6.45, 7) is 3.99. The van der Waals surface area contributed by atoms with Gasteiger partial charge in [0.05, 0.1) is 5.52 Å². The van der Waals surface area contributed by atoms with Crippen LogP contribution in [0, 0.1) is 16.6 Å². The van der Waals surface area contributed by atoms with Crippen molar-refractivity contribution in [2.24, 2.45) is 11.8 Å². The van der Waals surface area contributed by atoms with Crippen molar-refractivity contribution in [2.45, 2.75) is 32.2 Å². The standard InChI is InChI=1S/C24H28N4O2S2/c29-22(27-13-11-26(12-14-27)19-4-2-1-3-5-19)18-8-6-17(7-9-18)16-28-23(30)21-20(10-15-32-21)25-24(28)31/h1-5,10,15,17-18H,6-9,11-14,16H2,(H,25,31). The summed E-state index contributed by atoms with van der Waals surface area (Å²) in [7, 11) is 0. The quantitative estimate of drug-likeness (QED) is 0.581. The lowest BCUT2D eigenvalue weighted by Gasteiger charge is -2.38. The average Bonchev–Trinajstić information content (AvgIpc) is 3.31. The van der Waals surface area contributed by atoms with Crippen molar-refractivity contribution in [1.29, 1.82) is 0 Å². The number of hydrogen-bond donors (Lipinski definition) is 1. The highest BCUT2D eigenvalue weighted by molar-refractivity contribution is 7.71. The number of thiophene rings is 1. The van der Waals surface area contributed by atoms with Gasteiger partial charge in [0.2, 0.25) is 5.91 Å². The second-order valence-electron chi connectivity index (χ2n) is 8.87. The summed E-state index contributed by atoms with van der Waals surface area (Å²) in [5, 5.41) is 1.91. The van der Waals surface area contributed by atoms with E-state index in [1.807, 2.05) is 17.5 Å². The summed E-state index contributed by atoms with van der Waals surface area (Å²) < 4.78 is 2.94. The number of benzene rings is 1. The van der Waals surface area contributed by atoms with Crippen LogP contribution < -0.4 is 10.5 Å². The molecule has 0 bridgehead atoms. The summed E-state index contributed by atoms with van der Waals surface area (Å²) in [4.78, 5) is 33.5. The van der Waals surface area contributed by atoms with E-state index in [9.17, 15) is 9.59 Å². The van der Waals surface area contributed by atoms with Gasteiger partial charge in [-0.3, -0.25) is 14.2 Å². The molecule has 8 heteroatoms. The smallest absolute Gasteiger partial charge is 0.272 e. The molecular formula is C24H28N4O2S2. The molecule has 1 aliphatic heterocycles. The zero-order chi connectivity index (χ0) is 22.1. The zero-order valence-electron chi connectivity index (χ0n) is 18.0. The Kier molecular flexibility index (Phi) is 6.15. The Morgan fingerprint density at radius 1 is 1.03 bits per heavy atom. The number of piperazine rings is 1. The Morgan fingerprint density at radius 2 is 1.75 bits per heavy atom. The van der Waals surface area contributed by atoms with Crippen LogP contribution in [0.3, 0.4) is 0 Å². The first-order chi connectivity index (χ1) is 15.6. The first-order valence-corrected chi connectivity index (χ1v) is 12.7. The Hall–Kier alpha value is -2.45. The van der Waals surface area contributed by atoms with E-state index >= 15 is 0 Å². The molecule has 32 heavy (non-hydrogen) atoms. The molecule has 2 aliphatic rings. The Labute approximate surface area is 196 Å². The largest absolute Gasteiger partial charge is 0.368 e. The molecule has 0 spiro atoms. The fourth-order valence-electron chi connectivity index (χ4n) is 5.07. The number of aromatic nitrogens is 2. The maximum absolute atomic E-state index is 13.1. The molecule has 1 N–H and O–H groups in total. The summed E-state index contributed by atoms with van der Waals surface area (Å²) in [6, 6.07) is 12.3. The average molecular weight is 469 g/mol. The minimum Gasteiger partial charge on any atom is -0.368 e. The SMILES string of the molecule is O=C(C1CCC(Cn2c(=S)[nH]c3ccsc3c2=O)CC1)N1CCN(c2ccccc2)CC1. The Morgan fingerprint density at radius 3 is 2.47 bits per heavy atom. The lowest BCUT2D eigenvalue weighted by atomic mass is 9.81. The fraction of sp³-hybridized carbons (Fsp3) is 0.458. The number of rotatable bonds is 4. The van der Waals surface area contributed by atoms with Gasteiger partial charge in [0.15, 0.2) is 4.77 Å². The van der Waals surface area contributed by atoms with Crippen LogP contribution in [0.1, 0.15) is 25.7 Å². The molecule has 5 rings (SSSR count). The summed E-state index contributed by atoms with van der Waals surface area (Å²) in [6.07, 6.45) is 3.72. The van der Waals surface area contributed by atoms with Crippen molar-refractivity contribution in [3.63, 3.8) is 0 Å². The molecule has 1 aliphatic carbocycles. The Balaban J connectivity index is 1.16. The van der Waals surface area contributed by atoms with E-state index in [4.69, 9.17) is 12.2 Å². The number of para-hydroxylation sites is 1. The molecule has 2 fully saturated rings. The minimum absolute atomic E-state index is 0.00763. The second-order valence-corrected chi connectivity index (χ2v) is 10.2. The molecule has 6 nitrogen and oxygen atoms in total. The molecule has 3 aromatic rings. The topological polar surface area (TPSA) is 61.3 Å². The van der Waals surface area contributed by atoms with Crippen molar-refractivity contribution in [2.75, 3.05) is 31.1 Å². The minimum atomic E-state index is 0.00763.